The van der Waals surface area contributed by atoms with Crippen LogP contribution in [-0.2, 0) is 5.41 Å². The van der Waals surface area contributed by atoms with E-state index in [1.54, 1.807) is 5.51 Å². The Morgan fingerprint density at radius 3 is 2.74 bits per heavy atom. The van der Waals surface area contributed by atoms with Gasteiger partial charge in [-0.2, -0.15) is 4.52 Å². The molecular formula is C18H25N7OS. The maximum absolute atomic E-state index is 10.3. The van der Waals surface area contributed by atoms with E-state index in [1.807, 2.05) is 29.1 Å². The Kier molecular flexibility index (Phi) is 4.61. The number of aliphatic hydroxyl groups excluding tert-OH is 1. The summed E-state index contributed by atoms with van der Waals surface area (Å²) in [7, 11) is 2.05. The maximum Gasteiger partial charge on any atom is 0.178 e. The van der Waals surface area contributed by atoms with Crippen LogP contribution in [0.3, 0.4) is 0 Å². The molecule has 144 valence electrons. The van der Waals surface area contributed by atoms with Gasteiger partial charge in [0.2, 0.25) is 0 Å². The van der Waals surface area contributed by atoms with Crippen molar-refractivity contribution in [1.29, 1.82) is 0 Å². The summed E-state index contributed by atoms with van der Waals surface area (Å²) in [5.74, 6) is 1.79. The van der Waals surface area contributed by atoms with Gasteiger partial charge < -0.3 is 10.0 Å². The molecule has 1 aliphatic rings. The van der Waals surface area contributed by atoms with Gasteiger partial charge in [0.1, 0.15) is 11.9 Å². The Morgan fingerprint density at radius 2 is 2.07 bits per heavy atom. The van der Waals surface area contributed by atoms with Crippen LogP contribution in [-0.4, -0.2) is 67.5 Å². The molecule has 8 nitrogen and oxygen atoms in total. The highest BCUT2D eigenvalue weighted by molar-refractivity contribution is 7.07. The van der Waals surface area contributed by atoms with Gasteiger partial charge in [-0.3, -0.25) is 4.90 Å². The van der Waals surface area contributed by atoms with Crippen molar-refractivity contribution in [1.82, 2.24) is 29.7 Å². The van der Waals surface area contributed by atoms with Gasteiger partial charge in [0, 0.05) is 36.5 Å². The van der Waals surface area contributed by atoms with E-state index in [4.69, 9.17) is 5.10 Å². The number of anilines is 1. The monoisotopic (exact) mass is 387 g/mol. The fourth-order valence-electron chi connectivity index (χ4n) is 3.24. The summed E-state index contributed by atoms with van der Waals surface area (Å²) in [5, 5.41) is 25.5. The smallest absolute Gasteiger partial charge is 0.178 e. The van der Waals surface area contributed by atoms with Crippen molar-refractivity contribution in [3.63, 3.8) is 0 Å². The lowest BCUT2D eigenvalue weighted by Crippen LogP contribution is -2.59. The van der Waals surface area contributed by atoms with Crippen LogP contribution in [0.15, 0.2) is 23.0 Å². The van der Waals surface area contributed by atoms with Crippen molar-refractivity contribution in [3.05, 3.63) is 34.5 Å². The van der Waals surface area contributed by atoms with Crippen molar-refractivity contribution >= 4 is 22.8 Å². The Morgan fingerprint density at radius 1 is 1.30 bits per heavy atom. The first kappa shape index (κ1) is 18.3. The fourth-order valence-corrected chi connectivity index (χ4v) is 3.84. The number of aromatic nitrogens is 5. The fraction of sp³-hybridized carbons (Fsp3) is 0.556. The normalized spacial score (nSPS) is 16.9. The van der Waals surface area contributed by atoms with Crippen molar-refractivity contribution < 1.29 is 5.11 Å². The minimum atomic E-state index is -0.545. The zero-order chi connectivity index (χ0) is 19.2. The van der Waals surface area contributed by atoms with Crippen LogP contribution in [0, 0.1) is 0 Å². The molecule has 1 saturated heterocycles. The summed E-state index contributed by atoms with van der Waals surface area (Å²) >= 11 is 1.51. The number of likely N-dealkylation sites (N-methyl/N-ethyl adjacent to an activating group) is 1. The summed E-state index contributed by atoms with van der Waals surface area (Å²) in [6.45, 7) is 8.67. The van der Waals surface area contributed by atoms with Crippen molar-refractivity contribution in [3.8, 4) is 0 Å². The van der Waals surface area contributed by atoms with Gasteiger partial charge in [0.05, 0.1) is 11.2 Å². The third-order valence-electron chi connectivity index (χ3n) is 4.98. The lowest BCUT2D eigenvalue weighted by atomic mass is 9.96. The third-order valence-corrected chi connectivity index (χ3v) is 5.59. The second-order valence-corrected chi connectivity index (χ2v) is 8.88. The highest BCUT2D eigenvalue weighted by Gasteiger charge is 2.32. The minimum absolute atomic E-state index is 0.116. The van der Waals surface area contributed by atoms with E-state index in [0.29, 0.717) is 12.6 Å². The molecule has 1 N–H and O–H groups in total. The summed E-state index contributed by atoms with van der Waals surface area (Å²) in [4.78, 5) is 8.62. The van der Waals surface area contributed by atoms with Crippen LogP contribution in [0.2, 0.25) is 0 Å². The quantitative estimate of drug-likeness (QED) is 0.714. The zero-order valence-corrected chi connectivity index (χ0v) is 16.9. The second-order valence-electron chi connectivity index (χ2n) is 8.16. The molecule has 0 saturated carbocycles. The standard InChI is InChI=1S/C18H25N7OS/c1-18(2,3)17-21-20-15-5-6-16(22-25(15)17)24-7-12(8-24)23(4)9-14(26)13-10-27-11-19-13/h5-6,10-12,14,26H,7-9H2,1-4H3. The molecule has 3 aromatic heterocycles. The molecule has 9 heteroatoms. The lowest BCUT2D eigenvalue weighted by Gasteiger charge is -2.45. The summed E-state index contributed by atoms with van der Waals surface area (Å²) in [6.07, 6.45) is -0.545. The van der Waals surface area contributed by atoms with Crippen molar-refractivity contribution in [2.75, 3.05) is 31.6 Å². The number of fused-ring (bicyclic) bond motifs is 1. The molecule has 3 aromatic rings. The van der Waals surface area contributed by atoms with Gasteiger partial charge in [0.15, 0.2) is 11.5 Å². The first-order valence-electron chi connectivity index (χ1n) is 9.07. The zero-order valence-electron chi connectivity index (χ0n) is 16.1. The topological polar surface area (TPSA) is 82.7 Å². The minimum Gasteiger partial charge on any atom is -0.385 e. The van der Waals surface area contributed by atoms with Gasteiger partial charge >= 0.3 is 0 Å². The highest BCUT2D eigenvalue weighted by Crippen LogP contribution is 2.25. The van der Waals surface area contributed by atoms with E-state index in [9.17, 15) is 5.11 Å². The van der Waals surface area contributed by atoms with Crippen molar-refractivity contribution in [2.45, 2.75) is 38.3 Å². The van der Waals surface area contributed by atoms with Crippen molar-refractivity contribution in [2.24, 2.45) is 0 Å². The molecule has 0 amide bonds. The van der Waals surface area contributed by atoms with Crippen LogP contribution in [0.1, 0.15) is 38.4 Å². The number of rotatable bonds is 5. The van der Waals surface area contributed by atoms with E-state index in [1.165, 1.54) is 11.3 Å². The molecule has 1 aliphatic heterocycles. The molecule has 4 heterocycles. The highest BCUT2D eigenvalue weighted by atomic mass is 32.1. The predicted molar refractivity (Wildman–Crippen MR) is 105 cm³/mol. The van der Waals surface area contributed by atoms with Gasteiger partial charge in [-0.1, -0.05) is 20.8 Å². The number of nitrogens with zero attached hydrogens (tertiary/aromatic N) is 7. The van der Waals surface area contributed by atoms with E-state index >= 15 is 0 Å². The second kappa shape index (κ2) is 6.81. The molecule has 0 radical (unpaired) electrons. The summed E-state index contributed by atoms with van der Waals surface area (Å²) in [5.41, 5.74) is 3.15. The van der Waals surface area contributed by atoms with E-state index in [0.717, 1.165) is 36.1 Å². The van der Waals surface area contributed by atoms with Crippen LogP contribution < -0.4 is 4.90 Å². The molecular weight excluding hydrogens is 362 g/mol. The number of aliphatic hydroxyl groups is 1. The third kappa shape index (κ3) is 3.54. The van der Waals surface area contributed by atoms with Crippen LogP contribution in [0.5, 0.6) is 0 Å². The molecule has 1 atom stereocenters. The number of thiazole rings is 1. The van der Waals surface area contributed by atoms with Crippen LogP contribution in [0.25, 0.3) is 5.65 Å². The van der Waals surface area contributed by atoms with Gasteiger partial charge in [-0.15, -0.1) is 26.6 Å². The molecule has 0 spiro atoms. The summed E-state index contributed by atoms with van der Waals surface area (Å²) in [6, 6.07) is 4.35. The Bertz CT molecular complexity index is 912. The average molecular weight is 388 g/mol. The Labute approximate surface area is 162 Å². The van der Waals surface area contributed by atoms with Crippen LogP contribution in [0.4, 0.5) is 5.82 Å². The molecule has 0 aromatic carbocycles. The SMILES string of the molecule is CN(CC(O)c1cscn1)C1CN(c2ccc3nnc(C(C)(C)C)n3n2)C1. The molecule has 1 fully saturated rings. The molecule has 0 aliphatic carbocycles. The van der Waals surface area contributed by atoms with Gasteiger partial charge in [-0.05, 0) is 19.2 Å². The predicted octanol–water partition coefficient (Wildman–Crippen LogP) is 1.73. The van der Waals surface area contributed by atoms with Crippen LogP contribution >= 0.6 is 11.3 Å². The molecule has 27 heavy (non-hydrogen) atoms. The maximum atomic E-state index is 10.3. The molecule has 4 rings (SSSR count). The largest absolute Gasteiger partial charge is 0.385 e. The first-order valence-corrected chi connectivity index (χ1v) is 10.0. The van der Waals surface area contributed by atoms with Gasteiger partial charge in [0.25, 0.3) is 0 Å². The first-order chi connectivity index (χ1) is 12.8. The Balaban J connectivity index is 1.41. The Hall–Kier alpha value is -2.10. The molecule has 1 unspecified atom stereocenters. The van der Waals surface area contributed by atoms with E-state index in [-0.39, 0.29) is 5.41 Å². The number of hydrogen-bond acceptors (Lipinski definition) is 8. The average Bonchev–Trinajstić information content (AvgIpc) is 3.22. The lowest BCUT2D eigenvalue weighted by molar-refractivity contribution is 0.0921. The number of hydrogen-bond donors (Lipinski definition) is 1. The van der Waals surface area contributed by atoms with E-state index in [2.05, 4.69) is 45.8 Å². The summed E-state index contributed by atoms with van der Waals surface area (Å²) < 4.78 is 1.85. The van der Waals surface area contributed by atoms with E-state index < -0.39 is 6.10 Å². The molecule has 0 bridgehead atoms. The van der Waals surface area contributed by atoms with Gasteiger partial charge in [-0.25, -0.2) is 4.98 Å².